The van der Waals surface area contributed by atoms with Gasteiger partial charge in [-0.2, -0.15) is 0 Å². The number of amides is 2. The Balaban J connectivity index is 4.67. The Morgan fingerprint density at radius 2 is 1.53 bits per heavy atom. The predicted molar refractivity (Wildman–Crippen MR) is 59.7 cm³/mol. The highest BCUT2D eigenvalue weighted by Gasteiger charge is 2.30. The summed E-state index contributed by atoms with van der Waals surface area (Å²) in [5, 5.41) is 0. The number of hydrogen-bond donors (Lipinski definition) is 2. The summed E-state index contributed by atoms with van der Waals surface area (Å²) >= 11 is 0. The van der Waals surface area contributed by atoms with Crippen LogP contribution in [0.2, 0.25) is 0 Å². The molecule has 0 saturated heterocycles. The van der Waals surface area contributed by atoms with E-state index in [2.05, 4.69) is 0 Å². The zero-order chi connectivity index (χ0) is 12.0. The molecule has 0 radical (unpaired) electrons. The Morgan fingerprint density at radius 3 is 1.80 bits per heavy atom. The maximum absolute atomic E-state index is 11.3. The van der Waals surface area contributed by atoms with Crippen LogP contribution in [0.3, 0.4) is 0 Å². The van der Waals surface area contributed by atoms with Crippen molar-refractivity contribution in [3.8, 4) is 0 Å². The Labute approximate surface area is 91.4 Å². The Hall–Kier alpha value is -1.06. The Kier molecular flexibility index (Phi) is 5.97. The Bertz CT molecular complexity index is 227. The lowest BCUT2D eigenvalue weighted by atomic mass is 9.82. The quantitative estimate of drug-likeness (QED) is 0.663. The first-order chi connectivity index (χ1) is 6.90. The fourth-order valence-corrected chi connectivity index (χ4v) is 1.84. The smallest absolute Gasteiger partial charge is 0.221 e. The molecule has 4 heteroatoms. The fraction of sp³-hybridized carbons (Fsp3) is 0.818. The average Bonchev–Trinajstić information content (AvgIpc) is 2.09. The van der Waals surface area contributed by atoms with Crippen molar-refractivity contribution < 1.29 is 9.59 Å². The molecule has 0 aliphatic heterocycles. The summed E-state index contributed by atoms with van der Waals surface area (Å²) in [6.45, 7) is 5.96. The number of nitrogens with two attached hydrogens (primary N) is 2. The molecule has 0 aromatic carbocycles. The molecule has 0 spiro atoms. The van der Waals surface area contributed by atoms with E-state index in [1.54, 1.807) is 0 Å². The van der Waals surface area contributed by atoms with Crippen molar-refractivity contribution in [1.29, 1.82) is 0 Å². The SMILES string of the molecule is CCCC(C(N)=O)C(CC(C)C)C(N)=O. The molecule has 0 aliphatic rings. The van der Waals surface area contributed by atoms with E-state index in [0.717, 1.165) is 6.42 Å². The van der Waals surface area contributed by atoms with Gasteiger partial charge >= 0.3 is 0 Å². The summed E-state index contributed by atoms with van der Waals surface area (Å²) in [5.41, 5.74) is 10.6. The van der Waals surface area contributed by atoms with E-state index in [0.29, 0.717) is 18.8 Å². The number of carbonyl (C=O) groups is 2. The van der Waals surface area contributed by atoms with Crippen LogP contribution < -0.4 is 11.5 Å². The maximum atomic E-state index is 11.3. The molecule has 0 saturated carbocycles. The van der Waals surface area contributed by atoms with E-state index < -0.39 is 23.7 Å². The molecule has 2 atom stereocenters. The highest BCUT2D eigenvalue weighted by Crippen LogP contribution is 2.24. The van der Waals surface area contributed by atoms with Crippen molar-refractivity contribution in [2.75, 3.05) is 0 Å². The molecule has 0 bridgehead atoms. The summed E-state index contributed by atoms with van der Waals surface area (Å²) in [4.78, 5) is 22.5. The minimum absolute atomic E-state index is 0.334. The van der Waals surface area contributed by atoms with E-state index in [-0.39, 0.29) is 0 Å². The first-order valence-corrected chi connectivity index (χ1v) is 5.48. The minimum atomic E-state index is -0.416. The van der Waals surface area contributed by atoms with Gasteiger partial charge in [0.1, 0.15) is 0 Å². The molecule has 0 rings (SSSR count). The zero-order valence-corrected chi connectivity index (χ0v) is 9.82. The van der Waals surface area contributed by atoms with Crippen LogP contribution in [0.25, 0.3) is 0 Å². The van der Waals surface area contributed by atoms with Crippen molar-refractivity contribution in [1.82, 2.24) is 0 Å². The molecule has 0 heterocycles. The molecular weight excluding hydrogens is 192 g/mol. The van der Waals surface area contributed by atoms with E-state index in [4.69, 9.17) is 11.5 Å². The largest absolute Gasteiger partial charge is 0.369 e. The average molecular weight is 214 g/mol. The lowest BCUT2D eigenvalue weighted by Crippen LogP contribution is -2.38. The second-order valence-corrected chi connectivity index (χ2v) is 4.44. The third-order valence-corrected chi connectivity index (χ3v) is 2.54. The monoisotopic (exact) mass is 214 g/mol. The van der Waals surface area contributed by atoms with Gasteiger partial charge in [-0.1, -0.05) is 27.2 Å². The van der Waals surface area contributed by atoms with Gasteiger partial charge in [0.25, 0.3) is 0 Å². The third kappa shape index (κ3) is 4.81. The molecule has 2 amide bonds. The number of hydrogen-bond acceptors (Lipinski definition) is 2. The summed E-state index contributed by atoms with van der Waals surface area (Å²) in [6.07, 6.45) is 2.09. The summed E-state index contributed by atoms with van der Waals surface area (Å²) in [6, 6.07) is 0. The van der Waals surface area contributed by atoms with Crippen molar-refractivity contribution in [3.63, 3.8) is 0 Å². The van der Waals surface area contributed by atoms with Crippen LogP contribution in [0.1, 0.15) is 40.0 Å². The van der Waals surface area contributed by atoms with Crippen LogP contribution in [0, 0.1) is 17.8 Å². The first kappa shape index (κ1) is 13.9. The molecule has 0 aromatic heterocycles. The first-order valence-electron chi connectivity index (χ1n) is 5.48. The number of primary amides is 2. The van der Waals surface area contributed by atoms with Gasteiger partial charge in [-0.15, -0.1) is 0 Å². The van der Waals surface area contributed by atoms with Crippen LogP contribution in [-0.2, 0) is 9.59 Å². The van der Waals surface area contributed by atoms with Crippen LogP contribution in [0.4, 0.5) is 0 Å². The van der Waals surface area contributed by atoms with Gasteiger partial charge in [0.05, 0.1) is 0 Å². The summed E-state index contributed by atoms with van der Waals surface area (Å²) < 4.78 is 0. The third-order valence-electron chi connectivity index (χ3n) is 2.54. The van der Waals surface area contributed by atoms with Crippen LogP contribution >= 0.6 is 0 Å². The van der Waals surface area contributed by atoms with Crippen molar-refractivity contribution in [3.05, 3.63) is 0 Å². The highest BCUT2D eigenvalue weighted by molar-refractivity contribution is 5.85. The Morgan fingerprint density at radius 1 is 1.07 bits per heavy atom. The molecule has 2 unspecified atom stereocenters. The molecule has 4 nitrogen and oxygen atoms in total. The van der Waals surface area contributed by atoms with Crippen LogP contribution in [0.5, 0.6) is 0 Å². The van der Waals surface area contributed by atoms with Crippen molar-refractivity contribution >= 4 is 11.8 Å². The van der Waals surface area contributed by atoms with Crippen molar-refractivity contribution in [2.24, 2.45) is 29.2 Å². The van der Waals surface area contributed by atoms with Crippen molar-refractivity contribution in [2.45, 2.75) is 40.0 Å². The van der Waals surface area contributed by atoms with E-state index in [1.807, 2.05) is 20.8 Å². The topological polar surface area (TPSA) is 86.2 Å². The standard InChI is InChI=1S/C11H22N2O2/c1-4-5-8(10(12)14)9(11(13)15)6-7(2)3/h7-9H,4-6H2,1-3H3,(H2,12,14)(H2,13,15). The maximum Gasteiger partial charge on any atom is 0.221 e. The van der Waals surface area contributed by atoms with Gasteiger partial charge in [-0.25, -0.2) is 0 Å². The van der Waals surface area contributed by atoms with E-state index in [1.165, 1.54) is 0 Å². The van der Waals surface area contributed by atoms with Gasteiger partial charge in [0, 0.05) is 11.8 Å². The van der Waals surface area contributed by atoms with Gasteiger partial charge < -0.3 is 11.5 Å². The highest BCUT2D eigenvalue weighted by atomic mass is 16.2. The van der Waals surface area contributed by atoms with Gasteiger partial charge in [0.2, 0.25) is 11.8 Å². The van der Waals surface area contributed by atoms with Crippen LogP contribution in [-0.4, -0.2) is 11.8 Å². The molecule has 88 valence electrons. The molecule has 0 aliphatic carbocycles. The molecule has 0 aromatic rings. The van der Waals surface area contributed by atoms with Gasteiger partial charge in [0.15, 0.2) is 0 Å². The van der Waals surface area contributed by atoms with E-state index in [9.17, 15) is 9.59 Å². The number of carbonyl (C=O) groups excluding carboxylic acids is 2. The second-order valence-electron chi connectivity index (χ2n) is 4.44. The van der Waals surface area contributed by atoms with Crippen LogP contribution in [0.15, 0.2) is 0 Å². The summed E-state index contributed by atoms with van der Waals surface area (Å²) in [7, 11) is 0. The fourth-order valence-electron chi connectivity index (χ4n) is 1.84. The number of rotatable bonds is 7. The second kappa shape index (κ2) is 6.43. The normalized spacial score (nSPS) is 14.9. The lowest BCUT2D eigenvalue weighted by molar-refractivity contribution is -0.132. The molecule has 0 fully saturated rings. The molecule has 4 N–H and O–H groups in total. The van der Waals surface area contributed by atoms with E-state index >= 15 is 0 Å². The predicted octanol–water partition coefficient (Wildman–Crippen LogP) is 1.04. The summed E-state index contributed by atoms with van der Waals surface area (Å²) in [5.74, 6) is -1.32. The van der Waals surface area contributed by atoms with Gasteiger partial charge in [-0.05, 0) is 18.8 Å². The lowest BCUT2D eigenvalue weighted by Gasteiger charge is -2.23. The van der Waals surface area contributed by atoms with Gasteiger partial charge in [-0.3, -0.25) is 9.59 Å². The minimum Gasteiger partial charge on any atom is -0.369 e. The molecular formula is C11H22N2O2. The zero-order valence-electron chi connectivity index (χ0n) is 9.82. The molecule has 15 heavy (non-hydrogen) atoms.